The molecule has 1 heterocycles. The van der Waals surface area contributed by atoms with Crippen molar-refractivity contribution in [1.82, 2.24) is 0 Å². The van der Waals surface area contributed by atoms with Gasteiger partial charge in [-0.05, 0) is 54.8 Å². The first-order valence-electron chi connectivity index (χ1n) is 7.66. The van der Waals surface area contributed by atoms with Crippen LogP contribution in [0.1, 0.15) is 18.9 Å². The third-order valence-corrected chi connectivity index (χ3v) is 5.79. The molecule has 132 valence electrons. The van der Waals surface area contributed by atoms with E-state index in [4.69, 9.17) is 23.2 Å². The maximum absolute atomic E-state index is 12.6. The molecule has 0 aromatic heterocycles. The van der Waals surface area contributed by atoms with Crippen LogP contribution in [0.5, 0.6) is 0 Å². The number of nitrogens with one attached hydrogen (secondary N) is 1. The molecule has 5 nitrogen and oxygen atoms in total. The van der Waals surface area contributed by atoms with Crippen LogP contribution in [0.4, 0.5) is 11.4 Å². The number of fused-ring (bicyclic) bond motifs is 1. The summed E-state index contributed by atoms with van der Waals surface area (Å²) < 4.78 is 27.8. The molecule has 0 unspecified atom stereocenters. The molecular weight excluding hydrogens is 383 g/mol. The van der Waals surface area contributed by atoms with Crippen molar-refractivity contribution in [1.29, 1.82) is 0 Å². The monoisotopic (exact) mass is 398 g/mol. The molecule has 0 bridgehead atoms. The molecule has 25 heavy (non-hydrogen) atoms. The molecule has 0 radical (unpaired) electrons. The first-order chi connectivity index (χ1) is 11.8. The van der Waals surface area contributed by atoms with E-state index in [0.29, 0.717) is 22.3 Å². The number of sulfonamides is 1. The van der Waals surface area contributed by atoms with E-state index in [0.717, 1.165) is 24.1 Å². The van der Waals surface area contributed by atoms with Crippen LogP contribution in [-0.2, 0) is 21.2 Å². The highest BCUT2D eigenvalue weighted by Crippen LogP contribution is 2.31. The number of nitrogens with zero attached hydrogens (tertiary/aromatic N) is 1. The van der Waals surface area contributed by atoms with Crippen LogP contribution in [0.2, 0.25) is 10.0 Å². The van der Waals surface area contributed by atoms with E-state index in [-0.39, 0.29) is 10.8 Å². The minimum atomic E-state index is -3.79. The minimum Gasteiger partial charge on any atom is -0.312 e. The zero-order chi connectivity index (χ0) is 18.2. The third kappa shape index (κ3) is 3.92. The van der Waals surface area contributed by atoms with Crippen LogP contribution < -0.4 is 9.62 Å². The second kappa shape index (κ2) is 6.86. The van der Waals surface area contributed by atoms with Gasteiger partial charge in [-0.3, -0.25) is 9.52 Å². The number of benzene rings is 2. The SMILES string of the molecule is CC(=O)N1CCCc2cc(S(=O)(=O)Nc3cc(Cl)cc(Cl)c3)ccc21. The predicted octanol–water partition coefficient (Wildman–Crippen LogP) is 4.09. The van der Waals surface area contributed by atoms with Crippen molar-refractivity contribution in [2.24, 2.45) is 0 Å². The molecule has 2 aromatic carbocycles. The van der Waals surface area contributed by atoms with E-state index in [2.05, 4.69) is 4.72 Å². The van der Waals surface area contributed by atoms with Crippen molar-refractivity contribution in [3.05, 3.63) is 52.0 Å². The molecule has 0 spiro atoms. The van der Waals surface area contributed by atoms with Crippen LogP contribution in [-0.4, -0.2) is 20.9 Å². The van der Waals surface area contributed by atoms with Crippen molar-refractivity contribution in [2.75, 3.05) is 16.2 Å². The second-order valence-corrected chi connectivity index (χ2v) is 8.38. The third-order valence-electron chi connectivity index (χ3n) is 3.97. The number of anilines is 2. The van der Waals surface area contributed by atoms with Gasteiger partial charge >= 0.3 is 0 Å². The zero-order valence-electron chi connectivity index (χ0n) is 13.4. The molecule has 1 N–H and O–H groups in total. The number of carbonyl (C=O) groups is 1. The highest BCUT2D eigenvalue weighted by atomic mass is 35.5. The van der Waals surface area contributed by atoms with E-state index in [1.807, 2.05) is 0 Å². The van der Waals surface area contributed by atoms with Crippen molar-refractivity contribution < 1.29 is 13.2 Å². The van der Waals surface area contributed by atoms with Gasteiger partial charge in [0.05, 0.1) is 10.6 Å². The molecule has 1 amide bonds. The number of rotatable bonds is 3. The quantitative estimate of drug-likeness (QED) is 0.846. The molecule has 1 aliphatic rings. The van der Waals surface area contributed by atoms with Gasteiger partial charge < -0.3 is 4.90 Å². The summed E-state index contributed by atoms with van der Waals surface area (Å²) in [7, 11) is -3.79. The van der Waals surface area contributed by atoms with Crippen LogP contribution in [0.15, 0.2) is 41.3 Å². The fourth-order valence-electron chi connectivity index (χ4n) is 2.89. The number of halogens is 2. The normalized spacial score (nSPS) is 14.1. The zero-order valence-corrected chi connectivity index (χ0v) is 15.7. The Labute approximate surface area is 156 Å². The van der Waals surface area contributed by atoms with Crippen molar-refractivity contribution in [3.8, 4) is 0 Å². The van der Waals surface area contributed by atoms with Gasteiger partial charge in [0, 0.05) is 29.2 Å². The summed E-state index contributed by atoms with van der Waals surface area (Å²) in [5.74, 6) is -0.0525. The first-order valence-corrected chi connectivity index (χ1v) is 9.90. The van der Waals surface area contributed by atoms with E-state index in [1.54, 1.807) is 17.0 Å². The number of hydrogen-bond donors (Lipinski definition) is 1. The Morgan fingerprint density at radius 1 is 1.12 bits per heavy atom. The van der Waals surface area contributed by atoms with Gasteiger partial charge in [-0.1, -0.05) is 23.2 Å². The summed E-state index contributed by atoms with van der Waals surface area (Å²) in [5.41, 5.74) is 1.90. The summed E-state index contributed by atoms with van der Waals surface area (Å²) in [5, 5.41) is 0.681. The Morgan fingerprint density at radius 3 is 2.44 bits per heavy atom. The Hall–Kier alpha value is -1.76. The molecule has 0 atom stereocenters. The highest BCUT2D eigenvalue weighted by Gasteiger charge is 2.23. The van der Waals surface area contributed by atoms with Crippen LogP contribution in [0.25, 0.3) is 0 Å². The van der Waals surface area contributed by atoms with Gasteiger partial charge in [0.1, 0.15) is 0 Å². The average molecular weight is 399 g/mol. The lowest BCUT2D eigenvalue weighted by Crippen LogP contribution is -2.33. The van der Waals surface area contributed by atoms with Gasteiger partial charge in [-0.25, -0.2) is 8.42 Å². The van der Waals surface area contributed by atoms with E-state index in [1.165, 1.54) is 31.2 Å². The van der Waals surface area contributed by atoms with Crippen LogP contribution in [0, 0.1) is 0 Å². The first kappa shape index (κ1) is 18.0. The minimum absolute atomic E-state index is 0.0525. The Balaban J connectivity index is 1.94. The summed E-state index contributed by atoms with van der Waals surface area (Å²) in [4.78, 5) is 13.5. The van der Waals surface area contributed by atoms with Crippen LogP contribution >= 0.6 is 23.2 Å². The molecule has 0 saturated heterocycles. The van der Waals surface area contributed by atoms with Crippen molar-refractivity contribution in [2.45, 2.75) is 24.7 Å². The number of amides is 1. The topological polar surface area (TPSA) is 66.5 Å². The maximum Gasteiger partial charge on any atom is 0.261 e. The highest BCUT2D eigenvalue weighted by molar-refractivity contribution is 7.92. The summed E-state index contributed by atoms with van der Waals surface area (Å²) in [6.45, 7) is 2.15. The molecule has 2 aromatic rings. The molecule has 8 heteroatoms. The number of carbonyl (C=O) groups excluding carboxylic acids is 1. The van der Waals surface area contributed by atoms with Gasteiger partial charge in [-0.2, -0.15) is 0 Å². The molecule has 0 fully saturated rings. The van der Waals surface area contributed by atoms with E-state index < -0.39 is 10.0 Å². The van der Waals surface area contributed by atoms with Gasteiger partial charge in [0.25, 0.3) is 10.0 Å². The maximum atomic E-state index is 12.6. The van der Waals surface area contributed by atoms with Crippen LogP contribution in [0.3, 0.4) is 0 Å². The van der Waals surface area contributed by atoms with Gasteiger partial charge in [0.15, 0.2) is 0 Å². The van der Waals surface area contributed by atoms with Crippen molar-refractivity contribution in [3.63, 3.8) is 0 Å². The molecular formula is C17H16Cl2N2O3S. The largest absolute Gasteiger partial charge is 0.312 e. The number of hydrogen-bond acceptors (Lipinski definition) is 3. The lowest BCUT2D eigenvalue weighted by molar-refractivity contribution is -0.116. The lowest BCUT2D eigenvalue weighted by Gasteiger charge is -2.28. The fraction of sp³-hybridized carbons (Fsp3) is 0.235. The Kier molecular flexibility index (Phi) is 4.95. The molecule has 0 aliphatic carbocycles. The smallest absolute Gasteiger partial charge is 0.261 e. The summed E-state index contributed by atoms with van der Waals surface area (Å²) in [6, 6.07) is 9.28. The molecule has 3 rings (SSSR count). The Bertz CT molecular complexity index is 925. The van der Waals surface area contributed by atoms with E-state index in [9.17, 15) is 13.2 Å². The molecule has 0 saturated carbocycles. The predicted molar refractivity (Wildman–Crippen MR) is 100 cm³/mol. The Morgan fingerprint density at radius 2 is 1.80 bits per heavy atom. The van der Waals surface area contributed by atoms with E-state index >= 15 is 0 Å². The summed E-state index contributed by atoms with van der Waals surface area (Å²) in [6.07, 6.45) is 1.53. The van der Waals surface area contributed by atoms with Gasteiger partial charge in [0.2, 0.25) is 5.91 Å². The summed E-state index contributed by atoms with van der Waals surface area (Å²) >= 11 is 11.8. The standard InChI is InChI=1S/C17H16Cl2N2O3S/c1-11(22)21-6-2-3-12-7-16(4-5-17(12)21)25(23,24)20-15-9-13(18)8-14(19)10-15/h4-5,7-10,20H,2-3,6H2,1H3. The molecule has 1 aliphatic heterocycles. The van der Waals surface area contributed by atoms with Crippen molar-refractivity contribution >= 4 is 50.5 Å². The van der Waals surface area contributed by atoms with Gasteiger partial charge in [-0.15, -0.1) is 0 Å². The fourth-order valence-corrected chi connectivity index (χ4v) is 4.51. The average Bonchev–Trinajstić information content (AvgIpc) is 2.52. The lowest BCUT2D eigenvalue weighted by atomic mass is 10.0. The second-order valence-electron chi connectivity index (χ2n) is 5.83. The number of aryl methyl sites for hydroxylation is 1.